The Morgan fingerprint density at radius 3 is 2.27 bits per heavy atom. The first-order valence-electron chi connectivity index (χ1n) is 12.3. The van der Waals surface area contributed by atoms with Crippen LogP contribution in [-0.2, 0) is 31.5 Å². The molecule has 0 aliphatic heterocycles. The van der Waals surface area contributed by atoms with Gasteiger partial charge in [0.1, 0.15) is 0 Å². The van der Waals surface area contributed by atoms with Crippen molar-refractivity contribution in [1.29, 1.82) is 0 Å². The van der Waals surface area contributed by atoms with Gasteiger partial charge in [-0.3, -0.25) is 14.4 Å². The highest BCUT2D eigenvalue weighted by atomic mass is 19.4. The maximum absolute atomic E-state index is 13.2. The van der Waals surface area contributed by atoms with E-state index in [4.69, 9.17) is 0 Å². The molecule has 0 heterocycles. The van der Waals surface area contributed by atoms with E-state index in [-0.39, 0.29) is 41.1 Å². The number of halogens is 6. The first-order chi connectivity index (χ1) is 18.8. The summed E-state index contributed by atoms with van der Waals surface area (Å²) in [6.45, 7) is 0.421. The Labute approximate surface area is 226 Å². The molecule has 0 aromatic heterocycles. The number of benzene rings is 1. The lowest BCUT2D eigenvalue weighted by Crippen LogP contribution is -2.22. The zero-order chi connectivity index (χ0) is 29.5. The third-order valence-electron chi connectivity index (χ3n) is 6.11. The monoisotopic (exact) mass is 565 g/mol. The van der Waals surface area contributed by atoms with Crippen LogP contribution in [-0.4, -0.2) is 31.3 Å². The summed E-state index contributed by atoms with van der Waals surface area (Å²) in [5, 5.41) is 2.71. The van der Waals surface area contributed by atoms with Gasteiger partial charge in [-0.2, -0.15) is 26.3 Å². The van der Waals surface area contributed by atoms with Crippen LogP contribution in [0, 0.1) is 0 Å². The number of rotatable bonds is 9. The molecule has 0 atom stereocenters. The van der Waals surface area contributed by atoms with Gasteiger partial charge >= 0.3 is 18.3 Å². The second-order valence-electron chi connectivity index (χ2n) is 9.10. The van der Waals surface area contributed by atoms with Crippen molar-refractivity contribution in [2.24, 2.45) is 0 Å². The van der Waals surface area contributed by atoms with E-state index >= 15 is 0 Å². The van der Waals surface area contributed by atoms with Gasteiger partial charge in [0.2, 0.25) is 5.91 Å². The molecule has 1 fully saturated rings. The molecule has 0 radical (unpaired) electrons. The fraction of sp³-hybridized carbons (Fsp3) is 0.345. The standard InChI is InChI=1S/C29H25F6NO4/c1-40-26(38)5-3-2-4-12-36-25(37)11-7-18-6-10-24-20(13-18)8-9-21(27(24)39)14-19-15-22(28(30,31)32)17-23(16-19)29(33,34)35/h7,11,13-17H,2-5,8-9,12H2,1H3,(H,36,37)/b11-7+,21-14+. The fourth-order valence-electron chi connectivity index (χ4n) is 4.05. The van der Waals surface area contributed by atoms with E-state index in [1.54, 1.807) is 6.08 Å². The van der Waals surface area contributed by atoms with E-state index in [0.29, 0.717) is 55.5 Å². The largest absolute Gasteiger partial charge is 0.469 e. The number of hydrogen-bond donors (Lipinski definition) is 1. The zero-order valence-electron chi connectivity index (χ0n) is 21.4. The van der Waals surface area contributed by atoms with E-state index < -0.39 is 29.3 Å². The van der Waals surface area contributed by atoms with Gasteiger partial charge in [0.05, 0.1) is 23.8 Å². The SMILES string of the molecule is COC(=O)CCCCCNC(=O)/C=C/C1=C=C=C2C(=O)/C(=C/c3cc(C(F)(F)F)cc(C(F)(F)F)c3)CCC2=C1. The summed E-state index contributed by atoms with van der Waals surface area (Å²) >= 11 is 0. The molecular weight excluding hydrogens is 540 g/mol. The number of carbonyl (C=O) groups is 3. The number of ketones is 1. The third kappa shape index (κ3) is 8.46. The summed E-state index contributed by atoms with van der Waals surface area (Å²) in [7, 11) is 1.32. The first-order valence-corrected chi connectivity index (χ1v) is 12.3. The molecule has 1 amide bonds. The molecule has 1 aromatic rings. The van der Waals surface area contributed by atoms with Crippen LogP contribution in [0.3, 0.4) is 0 Å². The van der Waals surface area contributed by atoms with Crippen molar-refractivity contribution < 1.29 is 45.5 Å². The minimum absolute atomic E-state index is 0.0335. The lowest BCUT2D eigenvalue weighted by atomic mass is 9.82. The van der Waals surface area contributed by atoms with Crippen molar-refractivity contribution in [3.8, 4) is 0 Å². The Morgan fingerprint density at radius 1 is 0.975 bits per heavy atom. The van der Waals surface area contributed by atoms with Gasteiger partial charge in [0.25, 0.3) is 0 Å². The number of nitrogens with one attached hydrogen (secondary N) is 1. The molecule has 0 unspecified atom stereocenters. The van der Waals surface area contributed by atoms with Gasteiger partial charge in [-0.25, -0.2) is 0 Å². The average molecular weight is 566 g/mol. The maximum atomic E-state index is 13.2. The lowest BCUT2D eigenvalue weighted by Gasteiger charge is -2.20. The summed E-state index contributed by atoms with van der Waals surface area (Å²) < 4.78 is 83.6. The molecular formula is C29H25F6NO4. The van der Waals surface area contributed by atoms with Crippen molar-refractivity contribution >= 4 is 23.7 Å². The second-order valence-corrected chi connectivity index (χ2v) is 9.10. The molecule has 1 N–H and O–H groups in total. The van der Waals surface area contributed by atoms with Crippen molar-refractivity contribution in [3.63, 3.8) is 0 Å². The molecule has 2 aliphatic rings. The number of Topliss-reactive ketones (excluding diaryl/α,β-unsaturated/α-hetero) is 1. The molecule has 1 aromatic carbocycles. The Morgan fingerprint density at radius 2 is 1.65 bits per heavy atom. The number of alkyl halides is 6. The lowest BCUT2D eigenvalue weighted by molar-refractivity contribution is -0.143. The van der Waals surface area contributed by atoms with Crippen LogP contribution in [0.25, 0.3) is 6.08 Å². The van der Waals surface area contributed by atoms with Crippen LogP contribution in [0.2, 0.25) is 0 Å². The Balaban J connectivity index is 1.70. The minimum atomic E-state index is -4.99. The molecule has 212 valence electrons. The number of ether oxygens (including phenoxy) is 1. The molecule has 2 aliphatic carbocycles. The third-order valence-corrected chi connectivity index (χ3v) is 6.11. The van der Waals surface area contributed by atoms with E-state index in [9.17, 15) is 40.7 Å². The average Bonchev–Trinajstić information content (AvgIpc) is 2.89. The summed E-state index contributed by atoms with van der Waals surface area (Å²) in [5.74, 6) is -1.20. The highest BCUT2D eigenvalue weighted by Crippen LogP contribution is 2.38. The Kier molecular flexibility index (Phi) is 9.79. The number of amides is 1. The molecule has 40 heavy (non-hydrogen) atoms. The molecule has 0 saturated heterocycles. The highest BCUT2D eigenvalue weighted by Gasteiger charge is 2.37. The van der Waals surface area contributed by atoms with Crippen LogP contribution in [0.5, 0.6) is 0 Å². The van der Waals surface area contributed by atoms with Gasteiger partial charge in [-0.05, 0) is 73.2 Å². The number of methoxy groups -OCH3 is 1. The van der Waals surface area contributed by atoms with Crippen molar-refractivity contribution in [2.45, 2.75) is 50.9 Å². The van der Waals surface area contributed by atoms with Crippen molar-refractivity contribution in [3.05, 3.63) is 86.9 Å². The van der Waals surface area contributed by atoms with E-state index in [1.165, 1.54) is 19.3 Å². The van der Waals surface area contributed by atoms with Gasteiger partial charge in [0.15, 0.2) is 5.78 Å². The van der Waals surface area contributed by atoms with Crippen molar-refractivity contribution in [1.82, 2.24) is 5.32 Å². The molecule has 3 rings (SSSR count). The minimum Gasteiger partial charge on any atom is -0.469 e. The maximum Gasteiger partial charge on any atom is 0.416 e. The number of esters is 1. The number of hydrogen-bond acceptors (Lipinski definition) is 4. The van der Waals surface area contributed by atoms with E-state index in [1.807, 2.05) is 0 Å². The molecule has 5 nitrogen and oxygen atoms in total. The zero-order valence-corrected chi connectivity index (χ0v) is 21.4. The highest BCUT2D eigenvalue weighted by molar-refractivity contribution is 6.14. The van der Waals surface area contributed by atoms with Crippen LogP contribution >= 0.6 is 0 Å². The smallest absolute Gasteiger partial charge is 0.416 e. The predicted molar refractivity (Wildman–Crippen MR) is 133 cm³/mol. The number of unbranched alkanes of at least 4 members (excludes halogenated alkanes) is 2. The van der Waals surface area contributed by atoms with Crippen LogP contribution in [0.15, 0.2) is 70.2 Å². The fourth-order valence-corrected chi connectivity index (χ4v) is 4.05. The quantitative estimate of drug-likeness (QED) is 0.123. The number of carbonyl (C=O) groups excluding carboxylic acids is 3. The molecule has 1 saturated carbocycles. The Bertz CT molecular complexity index is 1350. The molecule has 0 bridgehead atoms. The summed E-state index contributed by atoms with van der Waals surface area (Å²) in [4.78, 5) is 36.0. The van der Waals surface area contributed by atoms with E-state index in [0.717, 1.165) is 12.5 Å². The summed E-state index contributed by atoms with van der Waals surface area (Å²) in [6, 6.07) is 1.18. The van der Waals surface area contributed by atoms with Crippen LogP contribution < -0.4 is 5.32 Å². The Hall–Kier alpha value is -4.07. The van der Waals surface area contributed by atoms with Gasteiger partial charge in [-0.15, -0.1) is 0 Å². The number of fused-ring (bicyclic) bond motifs is 1. The normalized spacial score (nSPS) is 16.4. The predicted octanol–water partition coefficient (Wildman–Crippen LogP) is 6.42. The summed E-state index contributed by atoms with van der Waals surface area (Å²) in [6.07, 6.45) is -1.74. The second kappa shape index (κ2) is 12.9. The van der Waals surface area contributed by atoms with Crippen LogP contribution in [0.4, 0.5) is 26.3 Å². The molecule has 11 heteroatoms. The molecule has 0 spiro atoms. The van der Waals surface area contributed by atoms with Gasteiger partial charge < -0.3 is 10.1 Å². The van der Waals surface area contributed by atoms with Crippen molar-refractivity contribution in [2.75, 3.05) is 13.7 Å². The summed E-state index contributed by atoms with van der Waals surface area (Å²) in [5.41, 5.74) is 3.36. The number of allylic oxidation sites excluding steroid dienone is 6. The first kappa shape index (κ1) is 30.5. The van der Waals surface area contributed by atoms with Gasteiger partial charge in [-0.1, -0.05) is 17.9 Å². The van der Waals surface area contributed by atoms with Gasteiger partial charge in [0, 0.05) is 30.2 Å². The van der Waals surface area contributed by atoms with Crippen LogP contribution in [0.1, 0.15) is 55.2 Å². The topological polar surface area (TPSA) is 72.5 Å². The van der Waals surface area contributed by atoms with E-state index in [2.05, 4.69) is 21.5 Å².